The molecule has 0 aliphatic carbocycles. The lowest BCUT2D eigenvalue weighted by atomic mass is 9.96. The molecule has 0 unspecified atom stereocenters. The molecular weight excluding hydrogens is 406 g/mol. The lowest BCUT2D eigenvalue weighted by Gasteiger charge is -2.31. The number of aryl methyl sites for hydroxylation is 1. The van der Waals surface area contributed by atoms with Gasteiger partial charge in [0.1, 0.15) is 0 Å². The van der Waals surface area contributed by atoms with E-state index < -0.39 is 0 Å². The van der Waals surface area contributed by atoms with E-state index in [0.29, 0.717) is 6.04 Å². The smallest absolute Gasteiger partial charge is 0.170 e. The van der Waals surface area contributed by atoms with E-state index in [2.05, 4.69) is 70.6 Å². The van der Waals surface area contributed by atoms with Crippen LogP contribution in [0.3, 0.4) is 0 Å². The molecule has 2 aromatic heterocycles. The summed E-state index contributed by atoms with van der Waals surface area (Å²) < 4.78 is 7.95. The lowest BCUT2D eigenvalue weighted by molar-refractivity contribution is 0.0369. The molecule has 168 valence electrons. The van der Waals surface area contributed by atoms with Gasteiger partial charge in [0, 0.05) is 49.8 Å². The fourth-order valence-electron chi connectivity index (χ4n) is 5.00. The molecule has 0 spiro atoms. The molecule has 2 saturated heterocycles. The van der Waals surface area contributed by atoms with Gasteiger partial charge in [0.05, 0.1) is 31.0 Å². The lowest BCUT2D eigenvalue weighted by Crippen LogP contribution is -2.37. The van der Waals surface area contributed by atoms with Crippen molar-refractivity contribution in [1.29, 1.82) is 0 Å². The van der Waals surface area contributed by atoms with E-state index in [-0.39, 0.29) is 12.1 Å². The van der Waals surface area contributed by atoms with E-state index in [1.165, 1.54) is 17.0 Å². The number of nitrogens with one attached hydrogen (secondary N) is 1. The van der Waals surface area contributed by atoms with Gasteiger partial charge in [0.25, 0.3) is 0 Å². The Morgan fingerprint density at radius 2 is 1.97 bits per heavy atom. The summed E-state index contributed by atoms with van der Waals surface area (Å²) in [5.41, 5.74) is 5.04. The molecule has 2 atom stereocenters. The summed E-state index contributed by atoms with van der Waals surface area (Å²) in [5.74, 6) is 0. The minimum Gasteiger partial charge on any atom is -0.379 e. The first-order valence-corrected chi connectivity index (χ1v) is 11.8. The molecule has 2 aliphatic heterocycles. The van der Waals surface area contributed by atoms with Crippen LogP contribution in [0.15, 0.2) is 30.5 Å². The van der Waals surface area contributed by atoms with Gasteiger partial charge in [0.15, 0.2) is 5.11 Å². The number of rotatable bonds is 7. The van der Waals surface area contributed by atoms with Crippen LogP contribution in [0.25, 0.3) is 0 Å². The van der Waals surface area contributed by atoms with Gasteiger partial charge in [-0.2, -0.15) is 0 Å². The van der Waals surface area contributed by atoms with Crippen LogP contribution < -0.4 is 5.32 Å². The SMILES string of the molecule is Cc1cc([C@H]2[C@H](c3ccccn3)NC(=S)N2C(C)C)c(C)n1CCCN1CCOCC1. The van der Waals surface area contributed by atoms with E-state index in [1.807, 2.05) is 12.3 Å². The van der Waals surface area contributed by atoms with Crippen molar-refractivity contribution in [2.24, 2.45) is 0 Å². The van der Waals surface area contributed by atoms with Crippen molar-refractivity contribution >= 4 is 17.3 Å². The van der Waals surface area contributed by atoms with Gasteiger partial charge in [-0.05, 0) is 70.1 Å². The molecule has 2 aliphatic rings. The first-order valence-electron chi connectivity index (χ1n) is 11.4. The Hall–Kier alpha value is -1.96. The third-order valence-corrected chi connectivity index (χ3v) is 6.91. The molecule has 0 saturated carbocycles. The van der Waals surface area contributed by atoms with Crippen LogP contribution in [0.5, 0.6) is 0 Å². The van der Waals surface area contributed by atoms with Crippen LogP contribution in [-0.4, -0.2) is 63.4 Å². The predicted molar refractivity (Wildman–Crippen MR) is 128 cm³/mol. The second-order valence-electron chi connectivity index (χ2n) is 8.91. The summed E-state index contributed by atoms with van der Waals surface area (Å²) in [7, 11) is 0. The summed E-state index contributed by atoms with van der Waals surface area (Å²) in [4.78, 5) is 9.50. The zero-order chi connectivity index (χ0) is 22.0. The van der Waals surface area contributed by atoms with Gasteiger partial charge in [-0.25, -0.2) is 0 Å². The van der Waals surface area contributed by atoms with Gasteiger partial charge >= 0.3 is 0 Å². The Morgan fingerprint density at radius 1 is 1.19 bits per heavy atom. The second kappa shape index (κ2) is 9.67. The van der Waals surface area contributed by atoms with E-state index in [0.717, 1.165) is 56.6 Å². The van der Waals surface area contributed by atoms with Crippen molar-refractivity contribution in [3.8, 4) is 0 Å². The molecule has 4 rings (SSSR count). The predicted octanol–water partition coefficient (Wildman–Crippen LogP) is 3.60. The van der Waals surface area contributed by atoms with E-state index >= 15 is 0 Å². The molecular formula is C24H35N5OS. The van der Waals surface area contributed by atoms with Crippen LogP contribution in [-0.2, 0) is 11.3 Å². The van der Waals surface area contributed by atoms with Gasteiger partial charge < -0.3 is 19.5 Å². The zero-order valence-corrected chi connectivity index (χ0v) is 20.0. The highest BCUT2D eigenvalue weighted by Gasteiger charge is 2.42. The van der Waals surface area contributed by atoms with Crippen molar-refractivity contribution < 1.29 is 4.74 Å². The van der Waals surface area contributed by atoms with Gasteiger partial charge in [-0.1, -0.05) is 6.07 Å². The summed E-state index contributed by atoms with van der Waals surface area (Å²) in [5, 5.41) is 4.37. The maximum absolute atomic E-state index is 5.76. The number of hydrogen-bond acceptors (Lipinski definition) is 4. The third-order valence-electron chi connectivity index (χ3n) is 6.58. The van der Waals surface area contributed by atoms with E-state index in [4.69, 9.17) is 17.0 Å². The number of hydrogen-bond donors (Lipinski definition) is 1. The van der Waals surface area contributed by atoms with Crippen LogP contribution in [0.2, 0.25) is 0 Å². The minimum absolute atomic E-state index is 0.0541. The van der Waals surface area contributed by atoms with Crippen LogP contribution >= 0.6 is 12.2 Å². The highest BCUT2D eigenvalue weighted by molar-refractivity contribution is 7.80. The zero-order valence-electron chi connectivity index (χ0n) is 19.2. The highest BCUT2D eigenvalue weighted by Crippen LogP contribution is 2.41. The first kappa shape index (κ1) is 22.2. The fraction of sp³-hybridized carbons (Fsp3) is 0.583. The van der Waals surface area contributed by atoms with Gasteiger partial charge in [0.2, 0.25) is 0 Å². The summed E-state index contributed by atoms with van der Waals surface area (Å²) in [6, 6.07) is 8.97. The first-order chi connectivity index (χ1) is 15.0. The molecule has 2 aromatic rings. The van der Waals surface area contributed by atoms with Crippen molar-refractivity contribution in [2.75, 3.05) is 32.8 Å². The average Bonchev–Trinajstić information content (AvgIpc) is 3.26. The van der Waals surface area contributed by atoms with Crippen molar-refractivity contribution in [3.05, 3.63) is 53.1 Å². The minimum atomic E-state index is 0.0541. The Balaban J connectivity index is 1.58. The van der Waals surface area contributed by atoms with E-state index in [1.54, 1.807) is 0 Å². The molecule has 0 aromatic carbocycles. The molecule has 0 bridgehead atoms. The quantitative estimate of drug-likeness (QED) is 0.663. The molecule has 6 nitrogen and oxygen atoms in total. The standard InChI is InChI=1S/C24H35N5OS/c1-17(2)29-23(22(26-24(29)31)21-8-5-6-9-25-21)20-16-18(3)28(19(20)4)11-7-10-27-12-14-30-15-13-27/h5-6,8-9,16-17,22-23H,7,10-15H2,1-4H3,(H,26,31)/t22-,23-/m0/s1. The summed E-state index contributed by atoms with van der Waals surface area (Å²) in [6.45, 7) is 14.9. The monoisotopic (exact) mass is 441 g/mol. The number of ether oxygens (including phenoxy) is 1. The number of pyridine rings is 1. The molecule has 31 heavy (non-hydrogen) atoms. The molecule has 7 heteroatoms. The number of nitrogens with zero attached hydrogens (tertiary/aromatic N) is 4. The number of morpholine rings is 1. The molecule has 2 fully saturated rings. The van der Waals surface area contributed by atoms with Crippen molar-refractivity contribution in [1.82, 2.24) is 24.7 Å². The van der Waals surface area contributed by atoms with Crippen LogP contribution in [0, 0.1) is 13.8 Å². The summed E-state index contributed by atoms with van der Waals surface area (Å²) >= 11 is 5.76. The van der Waals surface area contributed by atoms with Crippen LogP contribution in [0.4, 0.5) is 0 Å². The number of thiocarbonyl (C=S) groups is 1. The van der Waals surface area contributed by atoms with Crippen molar-refractivity contribution in [2.45, 2.75) is 58.8 Å². The Morgan fingerprint density at radius 3 is 2.65 bits per heavy atom. The number of aromatic nitrogens is 2. The van der Waals surface area contributed by atoms with Crippen LogP contribution in [0.1, 0.15) is 55.0 Å². The maximum Gasteiger partial charge on any atom is 0.170 e. The molecule has 1 N–H and O–H groups in total. The maximum atomic E-state index is 5.76. The average molecular weight is 442 g/mol. The van der Waals surface area contributed by atoms with Gasteiger partial charge in [-0.3, -0.25) is 9.88 Å². The largest absolute Gasteiger partial charge is 0.379 e. The second-order valence-corrected chi connectivity index (χ2v) is 9.30. The third kappa shape index (κ3) is 4.64. The summed E-state index contributed by atoms with van der Waals surface area (Å²) in [6.07, 6.45) is 3.01. The molecule has 0 radical (unpaired) electrons. The Bertz CT molecular complexity index is 891. The molecule has 0 amide bonds. The normalized spacial score (nSPS) is 22.4. The topological polar surface area (TPSA) is 45.6 Å². The van der Waals surface area contributed by atoms with Gasteiger partial charge in [-0.15, -0.1) is 0 Å². The fourth-order valence-corrected chi connectivity index (χ4v) is 5.45. The van der Waals surface area contributed by atoms with E-state index in [9.17, 15) is 0 Å². The highest BCUT2D eigenvalue weighted by atomic mass is 32.1. The molecule has 4 heterocycles. The Kier molecular flexibility index (Phi) is 6.94. The van der Waals surface area contributed by atoms with Crippen molar-refractivity contribution in [3.63, 3.8) is 0 Å². The Labute approximate surface area is 191 Å².